The van der Waals surface area contributed by atoms with E-state index in [1.165, 1.54) is 62.1 Å². The van der Waals surface area contributed by atoms with E-state index in [0.29, 0.717) is 0 Å². The highest BCUT2D eigenvalue weighted by molar-refractivity contribution is 7.09. The number of nitrogens with one attached hydrogen (secondary N) is 1. The summed E-state index contributed by atoms with van der Waals surface area (Å²) in [5.41, 5.74) is 1.94. The van der Waals surface area contributed by atoms with Gasteiger partial charge in [-0.3, -0.25) is 0 Å². The SMILES string of the molecule is Cc1csc(CCNC2CCC3(CCCC3)CC2)n1. The van der Waals surface area contributed by atoms with Crippen LogP contribution in [0.5, 0.6) is 0 Å². The van der Waals surface area contributed by atoms with Gasteiger partial charge in [-0.2, -0.15) is 0 Å². The Morgan fingerprint density at radius 3 is 2.63 bits per heavy atom. The van der Waals surface area contributed by atoms with Crippen molar-refractivity contribution in [3.63, 3.8) is 0 Å². The second-order valence-electron chi connectivity index (χ2n) is 6.57. The van der Waals surface area contributed by atoms with Gasteiger partial charge >= 0.3 is 0 Å². The molecule has 2 nitrogen and oxygen atoms in total. The van der Waals surface area contributed by atoms with Gasteiger partial charge in [0.05, 0.1) is 5.01 Å². The number of aromatic nitrogens is 1. The Morgan fingerprint density at radius 1 is 1.26 bits per heavy atom. The van der Waals surface area contributed by atoms with E-state index in [-0.39, 0.29) is 0 Å². The summed E-state index contributed by atoms with van der Waals surface area (Å²) in [7, 11) is 0. The molecule has 2 saturated carbocycles. The predicted molar refractivity (Wildman–Crippen MR) is 81.7 cm³/mol. The van der Waals surface area contributed by atoms with Crippen molar-refractivity contribution in [1.82, 2.24) is 10.3 Å². The summed E-state index contributed by atoms with van der Waals surface area (Å²) < 4.78 is 0. The fourth-order valence-corrected chi connectivity index (χ4v) is 4.74. The van der Waals surface area contributed by atoms with Crippen LogP contribution in [0.3, 0.4) is 0 Å². The van der Waals surface area contributed by atoms with Crippen molar-refractivity contribution in [2.45, 2.75) is 70.8 Å². The van der Waals surface area contributed by atoms with Crippen LogP contribution in [-0.2, 0) is 6.42 Å². The molecule has 1 heterocycles. The van der Waals surface area contributed by atoms with E-state index in [2.05, 4.69) is 22.6 Å². The summed E-state index contributed by atoms with van der Waals surface area (Å²) in [5.74, 6) is 0. The van der Waals surface area contributed by atoms with Crippen LogP contribution in [0, 0.1) is 12.3 Å². The van der Waals surface area contributed by atoms with Crippen LogP contribution < -0.4 is 5.32 Å². The fourth-order valence-electron chi connectivity index (χ4n) is 3.96. The minimum atomic E-state index is 0.768. The average Bonchev–Trinajstić information content (AvgIpc) is 3.02. The minimum absolute atomic E-state index is 0.768. The van der Waals surface area contributed by atoms with Crippen molar-refractivity contribution in [3.8, 4) is 0 Å². The first-order valence-electron chi connectivity index (χ1n) is 7.90. The highest BCUT2D eigenvalue weighted by atomic mass is 32.1. The van der Waals surface area contributed by atoms with Gasteiger partial charge < -0.3 is 5.32 Å². The van der Waals surface area contributed by atoms with Gasteiger partial charge in [0.15, 0.2) is 0 Å². The van der Waals surface area contributed by atoms with Crippen LogP contribution in [-0.4, -0.2) is 17.6 Å². The van der Waals surface area contributed by atoms with E-state index in [0.717, 1.165) is 24.4 Å². The van der Waals surface area contributed by atoms with Crippen LogP contribution >= 0.6 is 11.3 Å². The van der Waals surface area contributed by atoms with E-state index in [1.54, 1.807) is 11.3 Å². The maximum Gasteiger partial charge on any atom is 0.0940 e. The molecule has 2 aliphatic carbocycles. The molecule has 0 aliphatic heterocycles. The third-order valence-electron chi connectivity index (χ3n) is 5.15. The zero-order valence-electron chi connectivity index (χ0n) is 12.1. The van der Waals surface area contributed by atoms with E-state index >= 15 is 0 Å². The van der Waals surface area contributed by atoms with Crippen molar-refractivity contribution < 1.29 is 0 Å². The van der Waals surface area contributed by atoms with Crippen LogP contribution in [0.25, 0.3) is 0 Å². The molecule has 3 heteroatoms. The predicted octanol–water partition coefficient (Wildman–Crippen LogP) is 4.09. The largest absolute Gasteiger partial charge is 0.314 e. The molecule has 1 spiro atoms. The first kappa shape index (κ1) is 13.6. The minimum Gasteiger partial charge on any atom is -0.314 e. The molecule has 2 aliphatic rings. The van der Waals surface area contributed by atoms with Crippen molar-refractivity contribution in [2.24, 2.45) is 5.41 Å². The van der Waals surface area contributed by atoms with E-state index < -0.39 is 0 Å². The molecular formula is C16H26N2S. The summed E-state index contributed by atoms with van der Waals surface area (Å²) in [6, 6.07) is 0.771. The molecule has 1 N–H and O–H groups in total. The van der Waals surface area contributed by atoms with E-state index in [4.69, 9.17) is 0 Å². The zero-order chi connectivity index (χ0) is 13.1. The highest BCUT2D eigenvalue weighted by Gasteiger charge is 2.37. The van der Waals surface area contributed by atoms with Gasteiger partial charge in [0.1, 0.15) is 0 Å². The molecule has 106 valence electrons. The molecule has 0 saturated heterocycles. The molecule has 0 amide bonds. The van der Waals surface area contributed by atoms with E-state index in [1.807, 2.05) is 0 Å². The van der Waals surface area contributed by atoms with E-state index in [9.17, 15) is 0 Å². The summed E-state index contributed by atoms with van der Waals surface area (Å²) >= 11 is 1.80. The second-order valence-corrected chi connectivity index (χ2v) is 7.51. The average molecular weight is 278 g/mol. The van der Waals surface area contributed by atoms with Crippen molar-refractivity contribution in [2.75, 3.05) is 6.54 Å². The van der Waals surface area contributed by atoms with Crippen LogP contribution in [0.15, 0.2) is 5.38 Å². The van der Waals surface area contributed by atoms with Gasteiger partial charge in [0.25, 0.3) is 0 Å². The van der Waals surface area contributed by atoms with Gasteiger partial charge in [0, 0.05) is 30.1 Å². The molecule has 0 bridgehead atoms. The first-order valence-corrected chi connectivity index (χ1v) is 8.78. The van der Waals surface area contributed by atoms with Crippen molar-refractivity contribution in [1.29, 1.82) is 0 Å². The Morgan fingerprint density at radius 2 is 2.00 bits per heavy atom. The molecule has 0 atom stereocenters. The zero-order valence-corrected chi connectivity index (χ0v) is 12.9. The lowest BCUT2D eigenvalue weighted by Gasteiger charge is -2.37. The molecule has 1 aromatic rings. The first-order chi connectivity index (χ1) is 9.26. The molecule has 0 radical (unpaired) electrons. The quantitative estimate of drug-likeness (QED) is 0.897. The number of aryl methyl sites for hydroxylation is 1. The van der Waals surface area contributed by atoms with Gasteiger partial charge in [0.2, 0.25) is 0 Å². The third kappa shape index (κ3) is 3.38. The summed E-state index contributed by atoms with van der Waals surface area (Å²) in [6.07, 6.45) is 12.8. The standard InChI is InChI=1S/C16H26N2S/c1-13-12-19-15(18-13)6-11-17-14-4-9-16(10-5-14)7-2-3-8-16/h12,14,17H,2-11H2,1H3. The number of rotatable bonds is 4. The molecule has 0 unspecified atom stereocenters. The van der Waals surface area contributed by atoms with Crippen molar-refractivity contribution in [3.05, 3.63) is 16.1 Å². The molecule has 1 aromatic heterocycles. The monoisotopic (exact) mass is 278 g/mol. The molecular weight excluding hydrogens is 252 g/mol. The molecule has 2 fully saturated rings. The Bertz CT molecular complexity index is 397. The molecule has 0 aromatic carbocycles. The Hall–Kier alpha value is -0.410. The topological polar surface area (TPSA) is 24.9 Å². The van der Waals surface area contributed by atoms with Crippen LogP contribution in [0.1, 0.15) is 62.1 Å². The van der Waals surface area contributed by atoms with Gasteiger partial charge in [-0.25, -0.2) is 4.98 Å². The van der Waals surface area contributed by atoms with Crippen LogP contribution in [0.4, 0.5) is 0 Å². The lowest BCUT2D eigenvalue weighted by atomic mass is 9.71. The highest BCUT2D eigenvalue weighted by Crippen LogP contribution is 2.48. The summed E-state index contributed by atoms with van der Waals surface area (Å²) in [6.45, 7) is 3.18. The smallest absolute Gasteiger partial charge is 0.0940 e. The molecule has 3 rings (SSSR count). The van der Waals surface area contributed by atoms with Gasteiger partial charge in [-0.1, -0.05) is 12.8 Å². The molecule has 19 heavy (non-hydrogen) atoms. The van der Waals surface area contributed by atoms with Gasteiger partial charge in [-0.05, 0) is 50.9 Å². The fraction of sp³-hybridized carbons (Fsp3) is 0.812. The Labute approximate surface area is 121 Å². The third-order valence-corrected chi connectivity index (χ3v) is 6.18. The summed E-state index contributed by atoms with van der Waals surface area (Å²) in [4.78, 5) is 4.53. The lowest BCUT2D eigenvalue weighted by molar-refractivity contribution is 0.169. The normalized spacial score (nSPS) is 23.2. The summed E-state index contributed by atoms with van der Waals surface area (Å²) in [5, 5.41) is 7.19. The number of thiazole rings is 1. The Kier molecular flexibility index (Phi) is 4.23. The van der Waals surface area contributed by atoms with Gasteiger partial charge in [-0.15, -0.1) is 11.3 Å². The number of nitrogens with zero attached hydrogens (tertiary/aromatic N) is 1. The number of hydrogen-bond acceptors (Lipinski definition) is 3. The van der Waals surface area contributed by atoms with Crippen molar-refractivity contribution >= 4 is 11.3 Å². The Balaban J connectivity index is 1.38. The second kappa shape index (κ2) is 5.92. The maximum absolute atomic E-state index is 4.53. The van der Waals surface area contributed by atoms with Crippen LogP contribution in [0.2, 0.25) is 0 Å². The maximum atomic E-state index is 4.53. The number of hydrogen-bond donors (Lipinski definition) is 1. The lowest BCUT2D eigenvalue weighted by Crippen LogP contribution is -2.37.